The van der Waals surface area contributed by atoms with Gasteiger partial charge in [-0.1, -0.05) is 0 Å². The molecule has 0 aliphatic heterocycles. The summed E-state index contributed by atoms with van der Waals surface area (Å²) in [6.07, 6.45) is 0. The Hall–Kier alpha value is -1.37. The number of methoxy groups -OCH3 is 2. The molecule has 0 atom stereocenters. The fraction of sp³-hybridized carbons (Fsp3) is 0.167. The van der Waals surface area contributed by atoms with Gasteiger partial charge in [0.05, 0.1) is 14.2 Å². The molecule has 17 heavy (non-hydrogen) atoms. The van der Waals surface area contributed by atoms with Crippen molar-refractivity contribution in [3.05, 3.63) is 28.0 Å². The first-order chi connectivity index (χ1) is 8.15. The third-order valence-electron chi connectivity index (χ3n) is 2.34. The summed E-state index contributed by atoms with van der Waals surface area (Å²) in [6, 6.07) is 7.12. The zero-order valence-electron chi connectivity index (χ0n) is 9.36. The maximum Gasteiger partial charge on any atom is 0.200 e. The fourth-order valence-electron chi connectivity index (χ4n) is 1.51. The van der Waals surface area contributed by atoms with Crippen molar-refractivity contribution in [3.8, 4) is 28.6 Å². The average Bonchev–Trinajstić information content (AvgIpc) is 2.76. The topological polar surface area (TPSA) is 51.8 Å². The van der Waals surface area contributed by atoms with Gasteiger partial charge in [-0.25, -0.2) is 0 Å². The molecular weight excluding hydrogens is 335 g/mol. The predicted octanol–water partition coefficient (Wildman–Crippen LogP) is 3.27. The quantitative estimate of drug-likeness (QED) is 0.867. The van der Waals surface area contributed by atoms with Gasteiger partial charge in [-0.05, 0) is 46.9 Å². The minimum atomic E-state index is -0.0139. The average molecular weight is 346 g/mol. The summed E-state index contributed by atoms with van der Waals surface area (Å²) >= 11 is 2.09. The Morgan fingerprint density at radius 3 is 2.12 bits per heavy atom. The molecule has 0 spiro atoms. The van der Waals surface area contributed by atoms with Gasteiger partial charge >= 0.3 is 0 Å². The van der Waals surface area contributed by atoms with Gasteiger partial charge in [0, 0.05) is 5.56 Å². The highest BCUT2D eigenvalue weighted by Crippen LogP contribution is 2.40. The van der Waals surface area contributed by atoms with E-state index in [9.17, 15) is 5.11 Å². The first kappa shape index (κ1) is 12.1. The van der Waals surface area contributed by atoms with Crippen LogP contribution in [0.1, 0.15) is 0 Å². The third kappa shape index (κ3) is 2.33. The van der Waals surface area contributed by atoms with Crippen LogP contribution in [0.5, 0.6) is 17.2 Å². The van der Waals surface area contributed by atoms with E-state index in [2.05, 4.69) is 22.6 Å². The summed E-state index contributed by atoms with van der Waals surface area (Å²) in [5.74, 6) is 1.39. The Bertz CT molecular complexity index is 508. The van der Waals surface area contributed by atoms with Crippen molar-refractivity contribution >= 4 is 22.6 Å². The predicted molar refractivity (Wildman–Crippen MR) is 71.6 cm³/mol. The summed E-state index contributed by atoms with van der Waals surface area (Å²) in [7, 11) is 2.98. The van der Waals surface area contributed by atoms with Gasteiger partial charge < -0.3 is 19.0 Å². The zero-order chi connectivity index (χ0) is 12.4. The molecule has 0 saturated carbocycles. The number of ether oxygens (including phenoxy) is 2. The second kappa shape index (κ2) is 4.87. The van der Waals surface area contributed by atoms with Crippen LogP contribution in [0.4, 0.5) is 0 Å². The van der Waals surface area contributed by atoms with Gasteiger partial charge in [-0.2, -0.15) is 0 Å². The Morgan fingerprint density at radius 2 is 1.71 bits per heavy atom. The summed E-state index contributed by atoms with van der Waals surface area (Å²) in [6.45, 7) is 0. The molecular formula is C12H11IO4. The van der Waals surface area contributed by atoms with E-state index in [4.69, 9.17) is 13.9 Å². The van der Waals surface area contributed by atoms with Crippen molar-refractivity contribution in [1.29, 1.82) is 0 Å². The smallest absolute Gasteiger partial charge is 0.200 e. The molecule has 0 unspecified atom stereocenters. The molecule has 1 N–H and O–H groups in total. The Kier molecular flexibility index (Phi) is 3.46. The summed E-state index contributed by atoms with van der Waals surface area (Å²) in [5, 5.41) is 9.78. The lowest BCUT2D eigenvalue weighted by atomic mass is 10.1. The number of hydrogen-bond donors (Lipinski definition) is 1. The molecule has 2 aromatic rings. The van der Waals surface area contributed by atoms with Crippen LogP contribution in [0.25, 0.3) is 11.3 Å². The number of phenols is 1. The molecule has 5 heteroatoms. The highest BCUT2D eigenvalue weighted by atomic mass is 127. The standard InChI is InChI=1S/C12H11IO4/c1-15-9-5-7(6-10(16-2)12(9)14)8-3-4-11(13)17-8/h3-6,14H,1-2H3. The minimum Gasteiger partial charge on any atom is -0.502 e. The van der Waals surface area contributed by atoms with Crippen LogP contribution < -0.4 is 9.47 Å². The van der Waals surface area contributed by atoms with Gasteiger partial charge in [-0.15, -0.1) is 0 Å². The van der Waals surface area contributed by atoms with Gasteiger partial charge in [0.25, 0.3) is 0 Å². The van der Waals surface area contributed by atoms with Gasteiger partial charge in [0.2, 0.25) is 5.75 Å². The Balaban J connectivity index is 2.55. The molecule has 0 radical (unpaired) electrons. The second-order valence-electron chi connectivity index (χ2n) is 3.33. The van der Waals surface area contributed by atoms with E-state index in [1.54, 1.807) is 12.1 Å². The molecule has 1 heterocycles. The van der Waals surface area contributed by atoms with Gasteiger partial charge in [0.15, 0.2) is 15.3 Å². The van der Waals surface area contributed by atoms with Crippen LogP contribution in [-0.2, 0) is 0 Å². The monoisotopic (exact) mass is 346 g/mol. The number of rotatable bonds is 3. The summed E-state index contributed by atoms with van der Waals surface area (Å²) in [4.78, 5) is 0. The van der Waals surface area contributed by atoms with E-state index in [0.29, 0.717) is 17.3 Å². The number of benzene rings is 1. The van der Waals surface area contributed by atoms with E-state index in [1.165, 1.54) is 14.2 Å². The van der Waals surface area contributed by atoms with Crippen molar-refractivity contribution in [3.63, 3.8) is 0 Å². The van der Waals surface area contributed by atoms with Crippen LogP contribution in [-0.4, -0.2) is 19.3 Å². The third-order valence-corrected chi connectivity index (χ3v) is 2.92. The van der Waals surface area contributed by atoms with E-state index < -0.39 is 0 Å². The zero-order valence-corrected chi connectivity index (χ0v) is 11.5. The van der Waals surface area contributed by atoms with E-state index >= 15 is 0 Å². The van der Waals surface area contributed by atoms with E-state index in [-0.39, 0.29) is 5.75 Å². The first-order valence-electron chi connectivity index (χ1n) is 4.86. The van der Waals surface area contributed by atoms with Crippen molar-refractivity contribution in [2.45, 2.75) is 0 Å². The molecule has 0 bridgehead atoms. The highest BCUT2D eigenvalue weighted by molar-refractivity contribution is 14.1. The first-order valence-corrected chi connectivity index (χ1v) is 5.94. The van der Waals surface area contributed by atoms with E-state index in [0.717, 1.165) is 9.33 Å². The van der Waals surface area contributed by atoms with Crippen LogP contribution in [0, 0.1) is 3.77 Å². The normalized spacial score (nSPS) is 10.3. The number of aromatic hydroxyl groups is 1. The number of furan rings is 1. The molecule has 4 nitrogen and oxygen atoms in total. The molecule has 0 fully saturated rings. The molecule has 90 valence electrons. The lowest BCUT2D eigenvalue weighted by Crippen LogP contribution is -1.90. The van der Waals surface area contributed by atoms with Crippen LogP contribution >= 0.6 is 22.6 Å². The van der Waals surface area contributed by atoms with Gasteiger partial charge in [-0.3, -0.25) is 0 Å². The number of phenolic OH excluding ortho intramolecular Hbond substituents is 1. The largest absolute Gasteiger partial charge is 0.502 e. The molecule has 0 aliphatic rings. The van der Waals surface area contributed by atoms with Crippen LogP contribution in [0.15, 0.2) is 28.7 Å². The highest BCUT2D eigenvalue weighted by Gasteiger charge is 2.13. The van der Waals surface area contributed by atoms with Crippen molar-refractivity contribution in [2.24, 2.45) is 0 Å². The molecule has 2 rings (SSSR count). The molecule has 0 saturated heterocycles. The van der Waals surface area contributed by atoms with Crippen LogP contribution in [0.2, 0.25) is 0 Å². The number of hydrogen-bond acceptors (Lipinski definition) is 4. The molecule has 0 amide bonds. The van der Waals surface area contributed by atoms with Crippen molar-refractivity contribution in [1.82, 2.24) is 0 Å². The van der Waals surface area contributed by atoms with E-state index in [1.807, 2.05) is 12.1 Å². The summed E-state index contributed by atoms with van der Waals surface area (Å²) < 4.78 is 16.5. The molecule has 1 aromatic carbocycles. The maximum absolute atomic E-state index is 9.78. The van der Waals surface area contributed by atoms with Crippen molar-refractivity contribution < 1.29 is 19.0 Å². The molecule has 1 aromatic heterocycles. The lowest BCUT2D eigenvalue weighted by molar-refractivity contribution is 0.340. The number of halogens is 1. The minimum absolute atomic E-state index is 0.0139. The Morgan fingerprint density at radius 1 is 1.12 bits per heavy atom. The lowest BCUT2D eigenvalue weighted by Gasteiger charge is -2.09. The summed E-state index contributed by atoms with van der Waals surface area (Å²) in [5.41, 5.74) is 0.791. The fourth-order valence-corrected chi connectivity index (χ4v) is 1.92. The van der Waals surface area contributed by atoms with Crippen molar-refractivity contribution in [2.75, 3.05) is 14.2 Å². The maximum atomic E-state index is 9.78. The molecule has 0 aliphatic carbocycles. The van der Waals surface area contributed by atoms with Gasteiger partial charge in [0.1, 0.15) is 5.76 Å². The Labute approximate surface area is 112 Å². The SMILES string of the molecule is COc1cc(-c2ccc(I)o2)cc(OC)c1O. The second-order valence-corrected chi connectivity index (χ2v) is 4.40. The van der Waals surface area contributed by atoms with Crippen LogP contribution in [0.3, 0.4) is 0 Å².